The van der Waals surface area contributed by atoms with Gasteiger partial charge in [0.25, 0.3) is 0 Å². The van der Waals surface area contributed by atoms with Gasteiger partial charge in [-0.05, 0) is 47.8 Å². The molecule has 1 aliphatic carbocycles. The maximum atomic E-state index is 12.9. The van der Waals surface area contributed by atoms with Crippen LogP contribution in [0, 0.1) is 10.8 Å². The number of likely N-dealkylation sites (tertiary alicyclic amines) is 1. The molecule has 1 aliphatic heterocycles. The first kappa shape index (κ1) is 17.1. The van der Waals surface area contributed by atoms with Crippen LogP contribution in [-0.2, 0) is 11.2 Å². The van der Waals surface area contributed by atoms with E-state index in [1.54, 1.807) is 14.2 Å². The Hall–Kier alpha value is -1.71. The first-order valence-corrected chi connectivity index (χ1v) is 8.76. The van der Waals surface area contributed by atoms with E-state index in [2.05, 4.69) is 25.7 Å². The van der Waals surface area contributed by atoms with Gasteiger partial charge in [0.15, 0.2) is 11.5 Å². The second-order valence-corrected chi connectivity index (χ2v) is 8.60. The largest absolute Gasteiger partial charge is 0.493 e. The van der Waals surface area contributed by atoms with Crippen LogP contribution in [-0.4, -0.2) is 37.6 Å². The van der Waals surface area contributed by atoms with Gasteiger partial charge in [-0.1, -0.05) is 26.8 Å². The molecule has 1 amide bonds. The lowest BCUT2D eigenvalue weighted by Gasteiger charge is -2.39. The quantitative estimate of drug-likeness (QED) is 0.845. The summed E-state index contributed by atoms with van der Waals surface area (Å²) in [6.07, 6.45) is 3.89. The fourth-order valence-electron chi connectivity index (χ4n) is 5.02. The van der Waals surface area contributed by atoms with Gasteiger partial charge >= 0.3 is 0 Å². The van der Waals surface area contributed by atoms with Crippen molar-refractivity contribution >= 4 is 5.91 Å². The van der Waals surface area contributed by atoms with Crippen molar-refractivity contribution in [3.05, 3.63) is 23.8 Å². The number of ether oxygens (including phenoxy) is 2. The van der Waals surface area contributed by atoms with E-state index in [-0.39, 0.29) is 11.3 Å². The summed E-state index contributed by atoms with van der Waals surface area (Å²) < 4.78 is 10.6. The first-order valence-electron chi connectivity index (χ1n) is 8.76. The Morgan fingerprint density at radius 2 is 1.88 bits per heavy atom. The highest BCUT2D eigenvalue weighted by Crippen LogP contribution is 2.52. The molecule has 2 atom stereocenters. The highest BCUT2D eigenvalue weighted by atomic mass is 16.5. The van der Waals surface area contributed by atoms with Gasteiger partial charge in [0, 0.05) is 12.6 Å². The molecule has 2 bridgehead atoms. The number of fused-ring (bicyclic) bond motifs is 2. The molecule has 0 N–H and O–H groups in total. The Morgan fingerprint density at radius 3 is 2.54 bits per heavy atom. The van der Waals surface area contributed by atoms with Crippen LogP contribution < -0.4 is 9.47 Å². The minimum atomic E-state index is 0.230. The number of methoxy groups -OCH3 is 2. The summed E-state index contributed by atoms with van der Waals surface area (Å²) in [5.74, 6) is 1.60. The minimum Gasteiger partial charge on any atom is -0.493 e. The van der Waals surface area contributed by atoms with Crippen molar-refractivity contribution in [1.29, 1.82) is 0 Å². The van der Waals surface area contributed by atoms with Crippen LogP contribution in [0.5, 0.6) is 11.5 Å². The molecular formula is C20H29NO3. The third-order valence-corrected chi connectivity index (χ3v) is 5.54. The van der Waals surface area contributed by atoms with Crippen molar-refractivity contribution in [3.63, 3.8) is 0 Å². The summed E-state index contributed by atoms with van der Waals surface area (Å²) >= 11 is 0. The Morgan fingerprint density at radius 1 is 1.17 bits per heavy atom. The van der Waals surface area contributed by atoms with Gasteiger partial charge in [-0.2, -0.15) is 0 Å². The highest BCUT2D eigenvalue weighted by Gasteiger charge is 2.50. The third kappa shape index (κ3) is 3.24. The molecule has 0 aromatic heterocycles. The Bertz CT molecular complexity index is 640. The zero-order valence-corrected chi connectivity index (χ0v) is 15.5. The third-order valence-electron chi connectivity index (χ3n) is 5.54. The maximum Gasteiger partial charge on any atom is 0.227 e. The number of carbonyl (C=O) groups is 1. The van der Waals surface area contributed by atoms with E-state index in [4.69, 9.17) is 9.47 Å². The number of rotatable bonds is 4. The molecular weight excluding hydrogens is 302 g/mol. The molecule has 4 heteroatoms. The van der Waals surface area contributed by atoms with Gasteiger partial charge in [-0.3, -0.25) is 4.79 Å². The molecule has 0 radical (unpaired) electrons. The van der Waals surface area contributed by atoms with Crippen LogP contribution in [0.3, 0.4) is 0 Å². The zero-order valence-electron chi connectivity index (χ0n) is 15.5. The van der Waals surface area contributed by atoms with Gasteiger partial charge in [-0.15, -0.1) is 0 Å². The lowest BCUT2D eigenvalue weighted by Crippen LogP contribution is -2.38. The molecule has 4 nitrogen and oxygen atoms in total. The summed E-state index contributed by atoms with van der Waals surface area (Å²) in [4.78, 5) is 15.0. The van der Waals surface area contributed by atoms with Crippen LogP contribution in [0.1, 0.15) is 45.6 Å². The molecule has 0 spiro atoms. The molecule has 132 valence electrons. The molecule has 1 saturated carbocycles. The van der Waals surface area contributed by atoms with Crippen molar-refractivity contribution in [1.82, 2.24) is 4.90 Å². The van der Waals surface area contributed by atoms with E-state index in [1.807, 2.05) is 18.2 Å². The normalized spacial score (nSPS) is 27.9. The van der Waals surface area contributed by atoms with Crippen molar-refractivity contribution in [3.8, 4) is 11.5 Å². The monoisotopic (exact) mass is 331 g/mol. The van der Waals surface area contributed by atoms with Crippen molar-refractivity contribution in [2.24, 2.45) is 10.8 Å². The molecule has 3 rings (SSSR count). The lowest BCUT2D eigenvalue weighted by molar-refractivity contribution is -0.131. The zero-order chi connectivity index (χ0) is 17.5. The summed E-state index contributed by atoms with van der Waals surface area (Å²) in [5.41, 5.74) is 1.58. The number of carbonyl (C=O) groups excluding carboxylic acids is 1. The Balaban J connectivity index is 1.74. The van der Waals surface area contributed by atoms with Crippen LogP contribution in [0.2, 0.25) is 0 Å². The standard InChI is InChI=1S/C20H29NO3/c1-19(2)10-15-11-20(3,12-19)13-21(15)18(22)9-14-6-7-16(23-4)17(8-14)24-5/h6-8,15H,9-13H2,1-5H3/t15-,20-/m0/s1. The summed E-state index contributed by atoms with van der Waals surface area (Å²) in [6.45, 7) is 7.90. The SMILES string of the molecule is COc1ccc(CC(=O)N2C[C@@]3(C)C[C@@H]2CC(C)(C)C3)cc1OC. The smallest absolute Gasteiger partial charge is 0.227 e. The van der Waals surface area contributed by atoms with Gasteiger partial charge < -0.3 is 14.4 Å². The van der Waals surface area contributed by atoms with Gasteiger partial charge in [0.2, 0.25) is 5.91 Å². The Kier molecular flexibility index (Phi) is 4.27. The second kappa shape index (κ2) is 5.98. The average Bonchev–Trinajstić information content (AvgIpc) is 2.76. The first-order chi connectivity index (χ1) is 11.3. The van der Waals surface area contributed by atoms with Gasteiger partial charge in [0.1, 0.15) is 0 Å². The van der Waals surface area contributed by atoms with Crippen LogP contribution in [0.15, 0.2) is 18.2 Å². The van der Waals surface area contributed by atoms with Crippen molar-refractivity contribution in [2.75, 3.05) is 20.8 Å². The molecule has 2 aliphatic rings. The summed E-state index contributed by atoms with van der Waals surface area (Å²) in [6, 6.07) is 6.12. The van der Waals surface area contributed by atoms with E-state index in [9.17, 15) is 4.79 Å². The number of amides is 1. The fraction of sp³-hybridized carbons (Fsp3) is 0.650. The maximum absolute atomic E-state index is 12.9. The molecule has 24 heavy (non-hydrogen) atoms. The molecule has 1 saturated heterocycles. The topological polar surface area (TPSA) is 38.8 Å². The highest BCUT2D eigenvalue weighted by molar-refractivity contribution is 5.80. The molecule has 1 aromatic rings. The van der Waals surface area contributed by atoms with E-state index < -0.39 is 0 Å². The van der Waals surface area contributed by atoms with Gasteiger partial charge in [0.05, 0.1) is 20.6 Å². The van der Waals surface area contributed by atoms with Crippen LogP contribution in [0.25, 0.3) is 0 Å². The average molecular weight is 331 g/mol. The molecule has 0 unspecified atom stereocenters. The van der Waals surface area contributed by atoms with E-state index in [1.165, 1.54) is 6.42 Å². The van der Waals surface area contributed by atoms with E-state index >= 15 is 0 Å². The predicted octanol–water partition coefficient (Wildman–Crippen LogP) is 3.67. The lowest BCUT2D eigenvalue weighted by atomic mass is 9.65. The number of nitrogens with zero attached hydrogens (tertiary/aromatic N) is 1. The minimum absolute atomic E-state index is 0.230. The fourth-order valence-corrected chi connectivity index (χ4v) is 5.02. The van der Waals surface area contributed by atoms with Crippen molar-refractivity contribution in [2.45, 2.75) is 52.5 Å². The number of benzene rings is 1. The van der Waals surface area contributed by atoms with E-state index in [0.29, 0.717) is 29.4 Å². The van der Waals surface area contributed by atoms with Crippen LogP contribution in [0.4, 0.5) is 0 Å². The molecule has 1 aromatic carbocycles. The van der Waals surface area contributed by atoms with Crippen LogP contribution >= 0.6 is 0 Å². The molecule has 2 fully saturated rings. The summed E-state index contributed by atoms with van der Waals surface area (Å²) in [7, 11) is 3.24. The Labute approximate surface area is 145 Å². The van der Waals surface area contributed by atoms with Gasteiger partial charge in [-0.25, -0.2) is 0 Å². The van der Waals surface area contributed by atoms with Crippen molar-refractivity contribution < 1.29 is 14.3 Å². The predicted molar refractivity (Wildman–Crippen MR) is 94.5 cm³/mol. The van der Waals surface area contributed by atoms with E-state index in [0.717, 1.165) is 24.9 Å². The number of hydrogen-bond acceptors (Lipinski definition) is 3. The summed E-state index contributed by atoms with van der Waals surface area (Å²) in [5, 5.41) is 0. The second-order valence-electron chi connectivity index (χ2n) is 8.60. The molecule has 1 heterocycles. The number of hydrogen-bond donors (Lipinski definition) is 0.